The smallest absolute Gasteiger partial charge is 0.251 e. The van der Waals surface area contributed by atoms with Crippen molar-refractivity contribution in [2.45, 2.75) is 37.3 Å². The van der Waals surface area contributed by atoms with Crippen LogP contribution in [0.4, 0.5) is 4.39 Å². The first kappa shape index (κ1) is 25.8. The summed E-state index contributed by atoms with van der Waals surface area (Å²) in [5.74, 6) is -0.786. The highest BCUT2D eigenvalue weighted by molar-refractivity contribution is 7.91. The van der Waals surface area contributed by atoms with Gasteiger partial charge in [-0.2, -0.15) is 5.26 Å². The molecule has 2 N–H and O–H groups in total. The van der Waals surface area contributed by atoms with Gasteiger partial charge in [0.15, 0.2) is 9.84 Å². The van der Waals surface area contributed by atoms with E-state index in [9.17, 15) is 22.4 Å². The predicted molar refractivity (Wildman–Crippen MR) is 132 cm³/mol. The number of benzene rings is 2. The summed E-state index contributed by atoms with van der Waals surface area (Å²) in [4.78, 5) is 27.5. The number of amides is 2. The fraction of sp³-hybridized carbons (Fsp3) is 0.423. The molecule has 190 valence electrons. The van der Waals surface area contributed by atoms with Crippen LogP contribution >= 0.6 is 0 Å². The highest BCUT2D eigenvalue weighted by atomic mass is 32.2. The first-order valence-corrected chi connectivity index (χ1v) is 13.9. The first-order valence-electron chi connectivity index (χ1n) is 12.0. The van der Waals surface area contributed by atoms with Crippen molar-refractivity contribution in [1.82, 2.24) is 15.5 Å². The molecule has 1 heterocycles. The Balaban J connectivity index is 1.33. The molecule has 1 saturated carbocycles. The molecule has 2 fully saturated rings. The Hall–Kier alpha value is -3.29. The quantitative estimate of drug-likeness (QED) is 0.496. The normalized spacial score (nSPS) is 21.3. The van der Waals surface area contributed by atoms with Crippen LogP contribution < -0.4 is 10.6 Å². The molecule has 0 unspecified atom stereocenters. The lowest BCUT2D eigenvalue weighted by atomic mass is 10.1. The number of nitriles is 1. The monoisotopic (exact) mass is 512 g/mol. The van der Waals surface area contributed by atoms with Crippen LogP contribution in [-0.2, 0) is 14.6 Å². The minimum atomic E-state index is -3.14. The standard InChI is InChI=1S/C26H29FN4O4S/c27-21-9-7-19(8-10-21)22-16-24(22)29-11-1-2-23(26(33)31-12-14-36(34,35)15-13-31)30-25(32)20-5-3-18(17-28)4-6-20/h3-10,22-24,29H,1-2,11-16H2,(H,30,32)/t22-,23-,24+/m0/s1. The summed E-state index contributed by atoms with van der Waals surface area (Å²) in [7, 11) is -3.14. The highest BCUT2D eigenvalue weighted by Gasteiger charge is 2.37. The van der Waals surface area contributed by atoms with Crippen LogP contribution in [0.3, 0.4) is 0 Å². The van der Waals surface area contributed by atoms with Crippen molar-refractivity contribution in [3.8, 4) is 6.07 Å². The molecule has 0 bridgehead atoms. The number of nitrogens with zero attached hydrogens (tertiary/aromatic N) is 2. The first-order chi connectivity index (χ1) is 17.3. The summed E-state index contributed by atoms with van der Waals surface area (Å²) in [5.41, 5.74) is 1.86. The lowest BCUT2D eigenvalue weighted by Crippen LogP contribution is -2.53. The van der Waals surface area contributed by atoms with Crippen molar-refractivity contribution in [3.63, 3.8) is 0 Å². The second-order valence-corrected chi connectivity index (χ2v) is 11.6. The van der Waals surface area contributed by atoms with E-state index in [1.165, 1.54) is 29.2 Å². The van der Waals surface area contributed by atoms with Crippen molar-refractivity contribution in [3.05, 3.63) is 71.0 Å². The van der Waals surface area contributed by atoms with Crippen molar-refractivity contribution < 1.29 is 22.4 Å². The molecular formula is C26H29FN4O4S. The number of nitrogens with one attached hydrogen (secondary N) is 2. The van der Waals surface area contributed by atoms with E-state index in [0.717, 1.165) is 12.0 Å². The summed E-state index contributed by atoms with van der Waals surface area (Å²) in [6.07, 6.45) is 1.99. The second kappa shape index (κ2) is 11.2. The third-order valence-corrected chi connectivity index (χ3v) is 8.31. The number of rotatable bonds is 9. The Bertz CT molecular complexity index is 1230. The van der Waals surface area contributed by atoms with Crippen LogP contribution in [0.15, 0.2) is 48.5 Å². The fourth-order valence-electron chi connectivity index (χ4n) is 4.44. The molecule has 0 spiro atoms. The van der Waals surface area contributed by atoms with Crippen molar-refractivity contribution in [2.24, 2.45) is 0 Å². The van der Waals surface area contributed by atoms with E-state index >= 15 is 0 Å². The molecule has 1 saturated heterocycles. The van der Waals surface area contributed by atoms with Gasteiger partial charge >= 0.3 is 0 Å². The average Bonchev–Trinajstić information content (AvgIpc) is 3.65. The Kier molecular flexibility index (Phi) is 8.01. The maximum absolute atomic E-state index is 13.2. The Morgan fingerprint density at radius 2 is 1.75 bits per heavy atom. The van der Waals surface area contributed by atoms with Gasteiger partial charge in [-0.25, -0.2) is 12.8 Å². The summed E-state index contributed by atoms with van der Waals surface area (Å²) in [6.45, 7) is 0.876. The molecule has 1 aliphatic carbocycles. The third kappa shape index (κ3) is 6.68. The summed E-state index contributed by atoms with van der Waals surface area (Å²) in [5, 5.41) is 15.2. The molecular weight excluding hydrogens is 483 g/mol. The molecule has 4 rings (SSSR count). The fourth-order valence-corrected chi connectivity index (χ4v) is 5.64. The minimum absolute atomic E-state index is 0.0803. The Labute approximate surface area is 210 Å². The zero-order valence-corrected chi connectivity index (χ0v) is 20.6. The van der Waals surface area contributed by atoms with Gasteiger partial charge in [0.1, 0.15) is 11.9 Å². The highest BCUT2D eigenvalue weighted by Crippen LogP contribution is 2.40. The molecule has 2 aliphatic rings. The van der Waals surface area contributed by atoms with Crippen LogP contribution in [0.1, 0.15) is 46.7 Å². The lowest BCUT2D eigenvalue weighted by molar-refractivity contribution is -0.133. The van der Waals surface area contributed by atoms with Gasteiger partial charge in [0, 0.05) is 30.6 Å². The number of sulfone groups is 1. The van der Waals surface area contributed by atoms with E-state index in [4.69, 9.17) is 5.26 Å². The molecule has 2 aromatic rings. The van der Waals surface area contributed by atoms with E-state index in [1.807, 2.05) is 6.07 Å². The third-order valence-electron chi connectivity index (χ3n) is 6.70. The molecule has 2 aromatic carbocycles. The van der Waals surface area contributed by atoms with Gasteiger partial charge in [-0.15, -0.1) is 0 Å². The molecule has 3 atom stereocenters. The van der Waals surface area contributed by atoms with Crippen molar-refractivity contribution in [1.29, 1.82) is 5.26 Å². The van der Waals surface area contributed by atoms with E-state index in [0.29, 0.717) is 42.5 Å². The van der Waals surface area contributed by atoms with E-state index in [2.05, 4.69) is 10.6 Å². The summed E-state index contributed by atoms with van der Waals surface area (Å²) < 4.78 is 36.7. The van der Waals surface area contributed by atoms with Gasteiger partial charge in [0.05, 0.1) is 23.1 Å². The lowest BCUT2D eigenvalue weighted by Gasteiger charge is -2.30. The van der Waals surface area contributed by atoms with Crippen LogP contribution in [0, 0.1) is 17.1 Å². The molecule has 36 heavy (non-hydrogen) atoms. The predicted octanol–water partition coefficient (Wildman–Crippen LogP) is 1.98. The maximum Gasteiger partial charge on any atom is 0.251 e. The van der Waals surface area contributed by atoms with Gasteiger partial charge < -0.3 is 15.5 Å². The van der Waals surface area contributed by atoms with Gasteiger partial charge in [-0.05, 0) is 67.8 Å². The van der Waals surface area contributed by atoms with Gasteiger partial charge in [-0.1, -0.05) is 12.1 Å². The zero-order valence-electron chi connectivity index (χ0n) is 19.8. The van der Waals surface area contributed by atoms with Crippen molar-refractivity contribution in [2.75, 3.05) is 31.1 Å². The minimum Gasteiger partial charge on any atom is -0.340 e. The zero-order chi connectivity index (χ0) is 25.7. The van der Waals surface area contributed by atoms with E-state index in [-0.39, 0.29) is 36.3 Å². The number of hydrogen-bond donors (Lipinski definition) is 2. The summed E-state index contributed by atoms with van der Waals surface area (Å²) in [6, 6.07) is 14.2. The molecule has 0 radical (unpaired) electrons. The molecule has 8 nitrogen and oxygen atoms in total. The molecule has 10 heteroatoms. The van der Waals surface area contributed by atoms with Gasteiger partial charge in [0.25, 0.3) is 5.91 Å². The number of hydrogen-bond acceptors (Lipinski definition) is 6. The van der Waals surface area contributed by atoms with Crippen LogP contribution in [0.25, 0.3) is 0 Å². The molecule has 2 amide bonds. The van der Waals surface area contributed by atoms with E-state index < -0.39 is 21.8 Å². The van der Waals surface area contributed by atoms with Crippen LogP contribution in [0.2, 0.25) is 0 Å². The number of carbonyl (C=O) groups excluding carboxylic acids is 2. The van der Waals surface area contributed by atoms with Crippen LogP contribution in [0.5, 0.6) is 0 Å². The number of halogens is 1. The number of carbonyl (C=O) groups is 2. The summed E-state index contributed by atoms with van der Waals surface area (Å²) >= 11 is 0. The molecule has 0 aromatic heterocycles. The maximum atomic E-state index is 13.2. The average molecular weight is 513 g/mol. The Morgan fingerprint density at radius 1 is 1.08 bits per heavy atom. The van der Waals surface area contributed by atoms with E-state index in [1.54, 1.807) is 24.3 Å². The van der Waals surface area contributed by atoms with Crippen molar-refractivity contribution >= 4 is 21.7 Å². The molecule has 1 aliphatic heterocycles. The topological polar surface area (TPSA) is 119 Å². The van der Waals surface area contributed by atoms with Gasteiger partial charge in [-0.3, -0.25) is 9.59 Å². The Morgan fingerprint density at radius 3 is 2.39 bits per heavy atom. The van der Waals surface area contributed by atoms with Gasteiger partial charge in [0.2, 0.25) is 5.91 Å². The second-order valence-electron chi connectivity index (χ2n) is 9.29. The SMILES string of the molecule is N#Cc1ccc(C(=O)N[C@@H](CCCN[C@@H]2C[C@H]2c2ccc(F)cc2)C(=O)N2CCS(=O)(=O)CC2)cc1. The van der Waals surface area contributed by atoms with Crippen LogP contribution in [-0.4, -0.2) is 68.4 Å². The largest absolute Gasteiger partial charge is 0.340 e.